The van der Waals surface area contributed by atoms with Crippen LogP contribution in [-0.4, -0.2) is 51.0 Å². The fourth-order valence-corrected chi connectivity index (χ4v) is 3.71. The molecular weight excluding hydrogens is 352 g/mol. The van der Waals surface area contributed by atoms with Crippen LogP contribution in [0.1, 0.15) is 11.3 Å². The van der Waals surface area contributed by atoms with E-state index in [0.29, 0.717) is 0 Å². The minimum Gasteiger partial charge on any atom is -0.369 e. The largest absolute Gasteiger partial charge is 0.369 e. The van der Waals surface area contributed by atoms with Gasteiger partial charge in [-0.05, 0) is 43.7 Å². The van der Waals surface area contributed by atoms with Gasteiger partial charge in [0.25, 0.3) is 0 Å². The number of nitrogens with one attached hydrogen (secondary N) is 2. The maximum Gasteiger partial charge on any atom is 0.156 e. The Labute approximate surface area is 162 Å². The molecule has 1 saturated heterocycles. The van der Waals surface area contributed by atoms with E-state index < -0.39 is 0 Å². The van der Waals surface area contributed by atoms with Crippen LogP contribution in [0.4, 0.5) is 17.2 Å². The van der Waals surface area contributed by atoms with Crippen LogP contribution in [0, 0.1) is 13.8 Å². The van der Waals surface area contributed by atoms with Gasteiger partial charge >= 0.3 is 0 Å². The molecule has 0 unspecified atom stereocenters. The minimum atomic E-state index is 0.753. The van der Waals surface area contributed by atoms with E-state index >= 15 is 0 Å². The van der Waals surface area contributed by atoms with E-state index in [1.165, 1.54) is 5.69 Å². The number of aryl methyl sites for hydroxylation is 2. The SMILES string of the molecule is Cc1cn2nc(Nc3cnnc4cc(N5CCNCC5)ccc34)cc(C)c2n1. The van der Waals surface area contributed by atoms with Crippen molar-refractivity contribution < 1.29 is 0 Å². The first kappa shape index (κ1) is 16.9. The molecule has 3 aromatic heterocycles. The van der Waals surface area contributed by atoms with Crippen LogP contribution in [0.15, 0.2) is 36.7 Å². The van der Waals surface area contributed by atoms with E-state index in [1.807, 2.05) is 30.6 Å². The Hall–Kier alpha value is -3.26. The highest BCUT2D eigenvalue weighted by Crippen LogP contribution is 2.28. The Morgan fingerprint density at radius 3 is 2.82 bits per heavy atom. The monoisotopic (exact) mass is 374 g/mol. The van der Waals surface area contributed by atoms with Crippen LogP contribution in [0.2, 0.25) is 0 Å². The zero-order valence-electron chi connectivity index (χ0n) is 16.0. The highest BCUT2D eigenvalue weighted by atomic mass is 15.3. The fraction of sp³-hybridized carbons (Fsp3) is 0.300. The van der Waals surface area contributed by atoms with E-state index in [-0.39, 0.29) is 0 Å². The highest BCUT2D eigenvalue weighted by molar-refractivity contribution is 5.93. The number of aromatic nitrogens is 5. The number of piperazine rings is 1. The van der Waals surface area contributed by atoms with Gasteiger partial charge in [0.1, 0.15) is 0 Å². The summed E-state index contributed by atoms with van der Waals surface area (Å²) in [5.74, 6) is 0.753. The summed E-state index contributed by atoms with van der Waals surface area (Å²) in [5.41, 5.74) is 5.84. The van der Waals surface area contributed by atoms with Gasteiger partial charge in [-0.15, -0.1) is 5.10 Å². The number of hydrogen-bond donors (Lipinski definition) is 2. The molecule has 0 amide bonds. The van der Waals surface area contributed by atoms with Crippen molar-refractivity contribution in [1.82, 2.24) is 30.1 Å². The smallest absolute Gasteiger partial charge is 0.156 e. The van der Waals surface area contributed by atoms with E-state index in [0.717, 1.165) is 65.5 Å². The molecule has 28 heavy (non-hydrogen) atoms. The van der Waals surface area contributed by atoms with Crippen molar-refractivity contribution in [2.24, 2.45) is 0 Å². The van der Waals surface area contributed by atoms with Gasteiger partial charge < -0.3 is 15.5 Å². The summed E-state index contributed by atoms with van der Waals surface area (Å²) >= 11 is 0. The second kappa shape index (κ2) is 6.72. The number of rotatable bonds is 3. The van der Waals surface area contributed by atoms with Gasteiger partial charge in [0, 0.05) is 37.3 Å². The normalized spacial score (nSPS) is 14.7. The average Bonchev–Trinajstić information content (AvgIpc) is 3.09. The second-order valence-electron chi connectivity index (χ2n) is 7.18. The topological polar surface area (TPSA) is 83.3 Å². The summed E-state index contributed by atoms with van der Waals surface area (Å²) in [6.45, 7) is 8.03. The zero-order valence-corrected chi connectivity index (χ0v) is 16.0. The molecular formula is C20H22N8. The molecule has 4 aromatic rings. The van der Waals surface area contributed by atoms with E-state index in [4.69, 9.17) is 0 Å². The predicted octanol–water partition coefficient (Wildman–Crippen LogP) is 2.44. The quantitative estimate of drug-likeness (QED) is 0.570. The number of nitrogens with zero attached hydrogens (tertiary/aromatic N) is 6. The van der Waals surface area contributed by atoms with Crippen LogP contribution in [0.3, 0.4) is 0 Å². The molecule has 1 aliphatic heterocycles. The maximum atomic E-state index is 4.63. The van der Waals surface area contributed by atoms with Crippen molar-refractivity contribution in [2.75, 3.05) is 36.4 Å². The summed E-state index contributed by atoms with van der Waals surface area (Å²) in [4.78, 5) is 6.88. The maximum absolute atomic E-state index is 4.63. The Balaban J connectivity index is 1.50. The number of imidazole rings is 1. The lowest BCUT2D eigenvalue weighted by atomic mass is 10.1. The first-order chi connectivity index (χ1) is 13.7. The van der Waals surface area contributed by atoms with Gasteiger partial charge in [-0.2, -0.15) is 10.2 Å². The Bertz CT molecular complexity index is 1160. The first-order valence-electron chi connectivity index (χ1n) is 9.49. The van der Waals surface area contributed by atoms with Gasteiger partial charge in [-0.3, -0.25) is 0 Å². The molecule has 0 spiro atoms. The molecule has 0 radical (unpaired) electrons. The molecule has 1 aromatic carbocycles. The van der Waals surface area contributed by atoms with Crippen LogP contribution in [0.5, 0.6) is 0 Å². The van der Waals surface area contributed by atoms with Gasteiger partial charge in [0.15, 0.2) is 11.5 Å². The molecule has 5 rings (SSSR count). The van der Waals surface area contributed by atoms with Crippen molar-refractivity contribution >= 4 is 33.7 Å². The Morgan fingerprint density at radius 1 is 1.11 bits per heavy atom. The summed E-state index contributed by atoms with van der Waals surface area (Å²) in [5, 5.41) is 21.0. The summed E-state index contributed by atoms with van der Waals surface area (Å²) < 4.78 is 1.81. The van der Waals surface area contributed by atoms with Crippen LogP contribution < -0.4 is 15.5 Å². The van der Waals surface area contributed by atoms with Crippen LogP contribution in [-0.2, 0) is 0 Å². The molecule has 0 bridgehead atoms. The summed E-state index contributed by atoms with van der Waals surface area (Å²) in [6.07, 6.45) is 3.67. The minimum absolute atomic E-state index is 0.753. The molecule has 0 saturated carbocycles. The third kappa shape index (κ3) is 3.01. The molecule has 8 heteroatoms. The van der Waals surface area contributed by atoms with Gasteiger partial charge in [-0.1, -0.05) is 0 Å². The lowest BCUT2D eigenvalue weighted by Crippen LogP contribution is -2.43. The van der Waals surface area contributed by atoms with Crippen LogP contribution in [0.25, 0.3) is 16.6 Å². The molecule has 4 heterocycles. The fourth-order valence-electron chi connectivity index (χ4n) is 3.71. The molecule has 8 nitrogen and oxygen atoms in total. The Kier molecular flexibility index (Phi) is 4.05. The number of fused-ring (bicyclic) bond motifs is 2. The zero-order chi connectivity index (χ0) is 19.1. The van der Waals surface area contributed by atoms with E-state index in [1.54, 1.807) is 6.20 Å². The molecule has 1 fully saturated rings. The predicted molar refractivity (Wildman–Crippen MR) is 110 cm³/mol. The third-order valence-corrected chi connectivity index (χ3v) is 5.10. The van der Waals surface area contributed by atoms with Crippen molar-refractivity contribution in [3.63, 3.8) is 0 Å². The van der Waals surface area contributed by atoms with Crippen molar-refractivity contribution in [1.29, 1.82) is 0 Å². The van der Waals surface area contributed by atoms with E-state index in [9.17, 15) is 0 Å². The second-order valence-corrected chi connectivity index (χ2v) is 7.18. The van der Waals surface area contributed by atoms with Gasteiger partial charge in [-0.25, -0.2) is 9.50 Å². The van der Waals surface area contributed by atoms with Crippen molar-refractivity contribution in [2.45, 2.75) is 13.8 Å². The van der Waals surface area contributed by atoms with Crippen molar-refractivity contribution in [3.8, 4) is 0 Å². The molecule has 1 aliphatic rings. The highest BCUT2D eigenvalue weighted by Gasteiger charge is 2.13. The van der Waals surface area contributed by atoms with E-state index in [2.05, 4.69) is 54.0 Å². The summed E-state index contributed by atoms with van der Waals surface area (Å²) in [7, 11) is 0. The number of anilines is 3. The molecule has 142 valence electrons. The molecule has 0 atom stereocenters. The first-order valence-corrected chi connectivity index (χ1v) is 9.49. The van der Waals surface area contributed by atoms with Gasteiger partial charge in [0.2, 0.25) is 0 Å². The molecule has 2 N–H and O–H groups in total. The summed E-state index contributed by atoms with van der Waals surface area (Å²) in [6, 6.07) is 8.38. The number of hydrogen-bond acceptors (Lipinski definition) is 7. The average molecular weight is 374 g/mol. The lowest BCUT2D eigenvalue weighted by molar-refractivity contribution is 0.589. The number of benzene rings is 1. The van der Waals surface area contributed by atoms with Crippen LogP contribution >= 0.6 is 0 Å². The lowest BCUT2D eigenvalue weighted by Gasteiger charge is -2.29. The third-order valence-electron chi connectivity index (χ3n) is 5.10. The van der Waals surface area contributed by atoms with Gasteiger partial charge in [0.05, 0.1) is 29.3 Å². The standard InChI is InChI=1S/C20H22N8/c1-13-9-19(26-28-12-14(2)23-20(13)28)24-18-11-22-25-17-10-15(3-4-16(17)18)27-7-5-21-6-8-27/h3-4,9-12,21H,5-8H2,1-2H3,(H,24,25,26). The molecule has 0 aliphatic carbocycles. The Morgan fingerprint density at radius 2 is 1.96 bits per heavy atom. The van der Waals surface area contributed by atoms with Crippen molar-refractivity contribution in [3.05, 3.63) is 47.9 Å².